The first-order chi connectivity index (χ1) is 13.7. The maximum atomic E-state index is 14.5. The number of aryl methyl sites for hydroxylation is 1. The summed E-state index contributed by atoms with van der Waals surface area (Å²) in [4.78, 5) is 23.2. The predicted octanol–water partition coefficient (Wildman–Crippen LogP) is 3.52. The van der Waals surface area contributed by atoms with E-state index in [4.69, 9.17) is 5.73 Å². The number of amidine groups is 1. The van der Waals surface area contributed by atoms with E-state index >= 15 is 0 Å². The Hall–Kier alpha value is -3.16. The second-order valence-electron chi connectivity index (χ2n) is 7.81. The molecule has 1 fully saturated rings. The summed E-state index contributed by atoms with van der Waals surface area (Å²) >= 11 is 0. The number of aliphatic imine (C=N–C) groups is 1. The maximum Gasteiger partial charge on any atom is 0.309 e. The fourth-order valence-electron chi connectivity index (χ4n) is 3.75. The van der Waals surface area contributed by atoms with Crippen molar-refractivity contribution in [1.29, 1.82) is 0 Å². The van der Waals surface area contributed by atoms with Crippen LogP contribution < -0.4 is 11.1 Å². The van der Waals surface area contributed by atoms with Crippen molar-refractivity contribution in [1.82, 2.24) is 15.3 Å². The van der Waals surface area contributed by atoms with Gasteiger partial charge in [0, 0.05) is 29.4 Å². The summed E-state index contributed by atoms with van der Waals surface area (Å²) in [5.74, 6) is -1.42. The molecule has 0 aliphatic heterocycles. The van der Waals surface area contributed by atoms with Crippen molar-refractivity contribution < 1.29 is 14.3 Å². The van der Waals surface area contributed by atoms with Crippen molar-refractivity contribution in [3.63, 3.8) is 0 Å². The molecule has 2 heterocycles. The number of nitrogens with two attached hydrogens (primary N) is 1. The summed E-state index contributed by atoms with van der Waals surface area (Å²) in [5.41, 5.74) is 7.59. The van der Waals surface area contributed by atoms with Crippen LogP contribution in [-0.4, -0.2) is 32.9 Å². The molecule has 5 N–H and O–H groups in total. The molecule has 29 heavy (non-hydrogen) atoms. The molecule has 0 amide bonds. The van der Waals surface area contributed by atoms with E-state index in [1.807, 2.05) is 13.0 Å². The molecule has 0 aromatic carbocycles. The Morgan fingerprint density at radius 1 is 1.59 bits per heavy atom. The first-order valence-electron chi connectivity index (χ1n) is 9.54. The molecule has 1 saturated carbocycles. The summed E-state index contributed by atoms with van der Waals surface area (Å²) in [6, 6.07) is 1.70. The van der Waals surface area contributed by atoms with Crippen molar-refractivity contribution in [2.45, 2.75) is 45.6 Å². The Bertz CT molecular complexity index is 1010. The largest absolute Gasteiger partial charge is 0.481 e. The zero-order chi connectivity index (χ0) is 21.2. The highest BCUT2D eigenvalue weighted by Crippen LogP contribution is 2.36. The van der Waals surface area contributed by atoms with Crippen LogP contribution in [0.4, 0.5) is 4.39 Å². The van der Waals surface area contributed by atoms with E-state index in [2.05, 4.69) is 26.9 Å². The quantitative estimate of drug-likeness (QED) is 0.337. The number of carboxylic acids is 1. The number of rotatable bonds is 6. The van der Waals surface area contributed by atoms with E-state index < -0.39 is 17.2 Å². The summed E-state index contributed by atoms with van der Waals surface area (Å²) in [6.45, 7) is 7.11. The molecule has 2 aromatic rings. The predicted molar refractivity (Wildman–Crippen MR) is 111 cm³/mol. The molecular formula is C21H26FN5O2. The van der Waals surface area contributed by atoms with Crippen molar-refractivity contribution >= 4 is 22.8 Å². The molecule has 0 spiro atoms. The molecule has 7 nitrogen and oxygen atoms in total. The number of aromatic amines is 1. The lowest BCUT2D eigenvalue weighted by Gasteiger charge is -2.35. The van der Waals surface area contributed by atoms with Crippen LogP contribution in [-0.2, 0) is 4.79 Å². The third-order valence-electron chi connectivity index (χ3n) is 5.42. The van der Waals surface area contributed by atoms with Gasteiger partial charge in [-0.15, -0.1) is 0 Å². The Morgan fingerprint density at radius 3 is 3.03 bits per heavy atom. The summed E-state index contributed by atoms with van der Waals surface area (Å²) in [5, 5.41) is 13.3. The van der Waals surface area contributed by atoms with Gasteiger partial charge in [-0.05, 0) is 50.8 Å². The molecule has 2 atom stereocenters. The number of halogens is 1. The van der Waals surface area contributed by atoms with Crippen molar-refractivity contribution in [2.24, 2.45) is 16.1 Å². The van der Waals surface area contributed by atoms with E-state index in [9.17, 15) is 14.3 Å². The highest BCUT2D eigenvalue weighted by atomic mass is 19.1. The number of nitrogens with zero attached hydrogens (tertiary/aromatic N) is 2. The third kappa shape index (κ3) is 4.31. The molecule has 0 unspecified atom stereocenters. The fourth-order valence-corrected chi connectivity index (χ4v) is 3.75. The number of aliphatic carboxylic acids is 1. The number of nitrogens with one attached hydrogen (secondary N) is 2. The van der Waals surface area contributed by atoms with E-state index in [-0.39, 0.29) is 17.7 Å². The van der Waals surface area contributed by atoms with E-state index in [1.54, 1.807) is 19.3 Å². The number of aromatic nitrogens is 2. The van der Waals surface area contributed by atoms with Crippen LogP contribution in [0.25, 0.3) is 11.0 Å². The number of H-pyrrole nitrogens is 1. The lowest BCUT2D eigenvalue weighted by Crippen LogP contribution is -2.42. The molecule has 1 aliphatic rings. The zero-order valence-electron chi connectivity index (χ0n) is 16.6. The van der Waals surface area contributed by atoms with Gasteiger partial charge in [-0.1, -0.05) is 13.0 Å². The van der Waals surface area contributed by atoms with E-state index in [1.165, 1.54) is 0 Å². The van der Waals surface area contributed by atoms with Crippen molar-refractivity contribution in [2.75, 3.05) is 0 Å². The van der Waals surface area contributed by atoms with E-state index in [0.29, 0.717) is 24.1 Å². The molecule has 154 valence electrons. The maximum absolute atomic E-state index is 14.5. The van der Waals surface area contributed by atoms with Crippen LogP contribution in [0.15, 0.2) is 47.8 Å². The average molecular weight is 399 g/mol. The first-order valence-corrected chi connectivity index (χ1v) is 9.54. The molecule has 0 bridgehead atoms. The standard InChI is InChI=1S/C21H26FN5O2/c1-4-16(22)19(26-13-6-5-7-21(3,9-13)20(28)29)27-17(23)15-11-25-18-14(15)8-12(2)10-24-18/h4,8,10-11,13,26H,1,5-7,9H2,2-3H3,(H2,23,27)(H,24,25)(H,28,29)/b19-16+/t13-,21+/m0/s1. The number of fused-ring (bicyclic) bond motifs is 1. The van der Waals surface area contributed by atoms with Crippen molar-refractivity contribution in [3.8, 4) is 0 Å². The van der Waals surface area contributed by atoms with Gasteiger partial charge in [0.15, 0.2) is 11.6 Å². The van der Waals surface area contributed by atoms with Gasteiger partial charge in [0.25, 0.3) is 0 Å². The Kier molecular flexibility index (Phi) is 5.72. The number of carbonyl (C=O) groups is 1. The summed E-state index contributed by atoms with van der Waals surface area (Å²) in [7, 11) is 0. The van der Waals surface area contributed by atoms with Gasteiger partial charge in [0.05, 0.1) is 5.41 Å². The smallest absolute Gasteiger partial charge is 0.309 e. The van der Waals surface area contributed by atoms with Gasteiger partial charge >= 0.3 is 5.97 Å². The van der Waals surface area contributed by atoms with Gasteiger partial charge in [-0.3, -0.25) is 4.79 Å². The SMILES string of the molecule is C=C/C(F)=C(\N=C(N)c1c[nH]c2ncc(C)cc12)N[C@H]1CCC[C@@](C)(C(=O)O)C1. The number of carboxylic acid groups (broad SMARTS) is 1. The minimum Gasteiger partial charge on any atom is -0.481 e. The fraction of sp³-hybridized carbons (Fsp3) is 0.381. The molecule has 1 aliphatic carbocycles. The zero-order valence-corrected chi connectivity index (χ0v) is 16.6. The number of hydrogen-bond donors (Lipinski definition) is 4. The second kappa shape index (κ2) is 8.06. The molecule has 8 heteroatoms. The third-order valence-corrected chi connectivity index (χ3v) is 5.42. The minimum atomic E-state index is -0.846. The average Bonchev–Trinajstić information content (AvgIpc) is 3.10. The molecule has 0 radical (unpaired) electrons. The lowest BCUT2D eigenvalue weighted by atomic mass is 9.73. The topological polar surface area (TPSA) is 116 Å². The number of hydrogen-bond acceptors (Lipinski definition) is 4. The molecular weight excluding hydrogens is 373 g/mol. The number of allylic oxidation sites excluding steroid dienone is 2. The van der Waals surface area contributed by atoms with Crippen LogP contribution >= 0.6 is 0 Å². The van der Waals surface area contributed by atoms with Crippen molar-refractivity contribution in [3.05, 3.63) is 53.9 Å². The Balaban J connectivity index is 1.90. The number of pyridine rings is 1. The van der Waals surface area contributed by atoms with E-state index in [0.717, 1.165) is 29.9 Å². The lowest BCUT2D eigenvalue weighted by molar-refractivity contribution is -0.150. The van der Waals surface area contributed by atoms with Gasteiger partial charge in [-0.25, -0.2) is 14.4 Å². The molecule has 2 aromatic heterocycles. The highest BCUT2D eigenvalue weighted by molar-refractivity contribution is 6.08. The second-order valence-corrected chi connectivity index (χ2v) is 7.81. The van der Waals surface area contributed by atoms with Crippen LogP contribution in [0.1, 0.15) is 43.7 Å². The van der Waals surface area contributed by atoms with Gasteiger partial charge < -0.3 is 21.1 Å². The highest BCUT2D eigenvalue weighted by Gasteiger charge is 2.38. The monoisotopic (exact) mass is 399 g/mol. The van der Waals surface area contributed by atoms with Crippen LogP contribution in [0.3, 0.4) is 0 Å². The van der Waals surface area contributed by atoms with Gasteiger partial charge in [-0.2, -0.15) is 0 Å². The first kappa shape index (κ1) is 20.6. The summed E-state index contributed by atoms with van der Waals surface area (Å²) in [6.07, 6.45) is 6.90. The summed E-state index contributed by atoms with van der Waals surface area (Å²) < 4.78 is 14.5. The molecule has 3 rings (SSSR count). The van der Waals surface area contributed by atoms with Gasteiger partial charge in [0.2, 0.25) is 0 Å². The van der Waals surface area contributed by atoms with Gasteiger partial charge in [0.1, 0.15) is 11.5 Å². The molecule has 0 saturated heterocycles. The van der Waals surface area contributed by atoms with Crippen LogP contribution in [0.2, 0.25) is 0 Å². The minimum absolute atomic E-state index is 0.0490. The Morgan fingerprint density at radius 2 is 2.34 bits per heavy atom. The normalized spacial score (nSPS) is 23.6. The Labute approximate surface area is 168 Å². The van der Waals surface area contributed by atoms with Crippen LogP contribution in [0.5, 0.6) is 0 Å². The van der Waals surface area contributed by atoms with Crippen LogP contribution in [0, 0.1) is 12.3 Å².